The molecule has 1 aliphatic rings. The van der Waals surface area contributed by atoms with Crippen LogP contribution in [0, 0.1) is 17.6 Å². The number of carbonyl (C=O) groups excluding carboxylic acids is 1. The Bertz CT molecular complexity index is 678. The summed E-state index contributed by atoms with van der Waals surface area (Å²) in [5.74, 6) is -1.08. The van der Waals surface area contributed by atoms with Crippen LogP contribution in [0.1, 0.15) is 23.3 Å². The fourth-order valence-corrected chi connectivity index (χ4v) is 3.48. The molecule has 2 aromatic rings. The van der Waals surface area contributed by atoms with Crippen molar-refractivity contribution in [1.82, 2.24) is 15.6 Å². The Morgan fingerprint density at radius 2 is 2.17 bits per heavy atom. The second-order valence-electron chi connectivity index (χ2n) is 5.54. The summed E-state index contributed by atoms with van der Waals surface area (Å²) >= 11 is 1.06. The summed E-state index contributed by atoms with van der Waals surface area (Å²) in [7, 11) is 0. The molecule has 7 heteroatoms. The fraction of sp³-hybridized carbons (Fsp3) is 0.375. The Kier molecular flexibility index (Phi) is 4.97. The van der Waals surface area contributed by atoms with E-state index in [2.05, 4.69) is 15.6 Å². The third kappa shape index (κ3) is 3.73. The molecule has 0 saturated carbocycles. The van der Waals surface area contributed by atoms with Crippen LogP contribution in [0.2, 0.25) is 0 Å². The molecule has 1 fully saturated rings. The van der Waals surface area contributed by atoms with E-state index in [4.69, 9.17) is 0 Å². The van der Waals surface area contributed by atoms with Crippen molar-refractivity contribution in [3.8, 4) is 10.6 Å². The van der Waals surface area contributed by atoms with E-state index in [1.807, 2.05) is 0 Å². The van der Waals surface area contributed by atoms with Crippen molar-refractivity contribution in [1.29, 1.82) is 0 Å². The molecule has 0 aliphatic carbocycles. The van der Waals surface area contributed by atoms with Gasteiger partial charge in [-0.05, 0) is 44.0 Å². The summed E-state index contributed by atoms with van der Waals surface area (Å²) in [6.45, 7) is 2.59. The number of benzene rings is 1. The lowest BCUT2D eigenvalue weighted by molar-refractivity contribution is 0.0947. The minimum absolute atomic E-state index is 0.172. The molecule has 2 N–H and O–H groups in total. The molecule has 0 radical (unpaired) electrons. The highest BCUT2D eigenvalue weighted by Gasteiger charge is 2.18. The van der Waals surface area contributed by atoms with Crippen molar-refractivity contribution in [3.63, 3.8) is 0 Å². The average Bonchev–Trinajstić information content (AvgIpc) is 3.18. The van der Waals surface area contributed by atoms with Crippen molar-refractivity contribution >= 4 is 17.2 Å². The average molecular weight is 337 g/mol. The predicted octanol–water partition coefficient (Wildman–Crippen LogP) is 2.82. The highest BCUT2D eigenvalue weighted by atomic mass is 32.1. The molecule has 1 atom stereocenters. The number of rotatable bonds is 5. The van der Waals surface area contributed by atoms with E-state index in [-0.39, 0.29) is 22.2 Å². The Morgan fingerprint density at radius 1 is 1.39 bits per heavy atom. The minimum atomic E-state index is -0.681. The first-order valence-electron chi connectivity index (χ1n) is 7.54. The molecule has 1 aliphatic heterocycles. The first-order chi connectivity index (χ1) is 11.1. The van der Waals surface area contributed by atoms with Gasteiger partial charge in [0.25, 0.3) is 5.91 Å². The lowest BCUT2D eigenvalue weighted by Gasteiger charge is -2.08. The van der Waals surface area contributed by atoms with E-state index in [1.54, 1.807) is 0 Å². The summed E-state index contributed by atoms with van der Waals surface area (Å²) in [4.78, 5) is 16.1. The van der Waals surface area contributed by atoms with Gasteiger partial charge in [-0.25, -0.2) is 13.8 Å². The number of aromatic nitrogens is 1. The number of thiazole rings is 1. The second-order valence-corrected chi connectivity index (χ2v) is 6.40. The SMILES string of the molecule is O=C(NCCC1CCNC1)c1csc(-c2c(F)cccc2F)n1. The zero-order valence-corrected chi connectivity index (χ0v) is 13.3. The molecule has 23 heavy (non-hydrogen) atoms. The molecule has 1 saturated heterocycles. The van der Waals surface area contributed by atoms with Crippen LogP contribution >= 0.6 is 11.3 Å². The van der Waals surface area contributed by atoms with Crippen LogP contribution < -0.4 is 10.6 Å². The zero-order valence-electron chi connectivity index (χ0n) is 12.4. The molecule has 1 aromatic carbocycles. The van der Waals surface area contributed by atoms with Crippen LogP contribution in [0.3, 0.4) is 0 Å². The van der Waals surface area contributed by atoms with Crippen LogP contribution in [0.4, 0.5) is 8.78 Å². The molecule has 1 amide bonds. The molecule has 3 rings (SSSR count). The maximum Gasteiger partial charge on any atom is 0.270 e. The van der Waals surface area contributed by atoms with Crippen LogP contribution in [0.25, 0.3) is 10.6 Å². The zero-order chi connectivity index (χ0) is 16.2. The monoisotopic (exact) mass is 337 g/mol. The molecule has 0 bridgehead atoms. The molecule has 122 valence electrons. The molecular weight excluding hydrogens is 320 g/mol. The van der Waals surface area contributed by atoms with Crippen LogP contribution in [0.15, 0.2) is 23.6 Å². The normalized spacial score (nSPS) is 17.4. The molecule has 4 nitrogen and oxygen atoms in total. The first-order valence-corrected chi connectivity index (χ1v) is 8.42. The quantitative estimate of drug-likeness (QED) is 0.882. The first kappa shape index (κ1) is 16.0. The topological polar surface area (TPSA) is 54.0 Å². The maximum atomic E-state index is 13.7. The van der Waals surface area contributed by atoms with Gasteiger partial charge in [0, 0.05) is 11.9 Å². The second kappa shape index (κ2) is 7.14. The molecule has 0 spiro atoms. The number of hydrogen-bond donors (Lipinski definition) is 2. The summed E-state index contributed by atoms with van der Waals surface area (Å²) in [6.07, 6.45) is 2.04. The van der Waals surface area contributed by atoms with Crippen LogP contribution in [-0.2, 0) is 0 Å². The number of carbonyl (C=O) groups is 1. The third-order valence-corrected chi connectivity index (χ3v) is 4.77. The van der Waals surface area contributed by atoms with Gasteiger partial charge in [0.05, 0.1) is 5.56 Å². The summed E-state index contributed by atoms with van der Waals surface area (Å²) in [5.41, 5.74) is 0.00535. The lowest BCUT2D eigenvalue weighted by Crippen LogP contribution is -2.26. The number of amides is 1. The molecule has 1 unspecified atom stereocenters. The van der Waals surface area contributed by atoms with Gasteiger partial charge < -0.3 is 10.6 Å². The van der Waals surface area contributed by atoms with Crippen molar-refractivity contribution in [2.75, 3.05) is 19.6 Å². The Balaban J connectivity index is 1.63. The summed E-state index contributed by atoms with van der Waals surface area (Å²) in [5, 5.41) is 7.78. The van der Waals surface area contributed by atoms with Gasteiger partial charge in [-0.3, -0.25) is 4.79 Å². The summed E-state index contributed by atoms with van der Waals surface area (Å²) < 4.78 is 27.5. The van der Waals surface area contributed by atoms with Crippen LogP contribution in [0.5, 0.6) is 0 Å². The number of hydrogen-bond acceptors (Lipinski definition) is 4. The Hall–Kier alpha value is -1.86. The van der Waals surface area contributed by atoms with Crippen molar-refractivity contribution < 1.29 is 13.6 Å². The van der Waals surface area contributed by atoms with Gasteiger partial charge in [-0.1, -0.05) is 6.07 Å². The number of nitrogens with one attached hydrogen (secondary N) is 2. The lowest BCUT2D eigenvalue weighted by atomic mass is 10.1. The molecule has 1 aromatic heterocycles. The van der Waals surface area contributed by atoms with Gasteiger partial charge in [-0.15, -0.1) is 11.3 Å². The van der Waals surface area contributed by atoms with Crippen molar-refractivity contribution in [2.24, 2.45) is 5.92 Å². The van der Waals surface area contributed by atoms with Gasteiger partial charge >= 0.3 is 0 Å². The molecule has 2 heterocycles. The van der Waals surface area contributed by atoms with Crippen molar-refractivity contribution in [3.05, 3.63) is 40.9 Å². The number of halogens is 2. The Morgan fingerprint density at radius 3 is 2.87 bits per heavy atom. The van der Waals surface area contributed by atoms with Gasteiger partial charge in [-0.2, -0.15) is 0 Å². The van der Waals surface area contributed by atoms with E-state index in [0.29, 0.717) is 12.5 Å². The third-order valence-electron chi connectivity index (χ3n) is 3.91. The fourth-order valence-electron chi connectivity index (χ4n) is 2.64. The largest absolute Gasteiger partial charge is 0.351 e. The highest BCUT2D eigenvalue weighted by Crippen LogP contribution is 2.28. The van der Waals surface area contributed by atoms with E-state index >= 15 is 0 Å². The van der Waals surface area contributed by atoms with E-state index < -0.39 is 11.6 Å². The highest BCUT2D eigenvalue weighted by molar-refractivity contribution is 7.13. The van der Waals surface area contributed by atoms with Crippen molar-refractivity contribution in [2.45, 2.75) is 12.8 Å². The van der Waals surface area contributed by atoms with E-state index in [1.165, 1.54) is 23.6 Å². The van der Waals surface area contributed by atoms with Gasteiger partial charge in [0.15, 0.2) is 0 Å². The summed E-state index contributed by atoms with van der Waals surface area (Å²) in [6, 6.07) is 3.65. The predicted molar refractivity (Wildman–Crippen MR) is 85.4 cm³/mol. The van der Waals surface area contributed by atoms with Crippen LogP contribution in [-0.4, -0.2) is 30.5 Å². The smallest absolute Gasteiger partial charge is 0.270 e. The molecular formula is C16H17F2N3OS. The van der Waals surface area contributed by atoms with E-state index in [9.17, 15) is 13.6 Å². The minimum Gasteiger partial charge on any atom is -0.351 e. The maximum absolute atomic E-state index is 13.7. The number of nitrogens with zero attached hydrogens (tertiary/aromatic N) is 1. The Labute approximate surface area is 136 Å². The standard InChI is InChI=1S/C16H17F2N3OS/c17-11-2-1-3-12(18)14(11)16-21-13(9-23-16)15(22)20-7-5-10-4-6-19-8-10/h1-3,9-10,19H,4-8H2,(H,20,22). The van der Waals surface area contributed by atoms with E-state index in [0.717, 1.165) is 37.3 Å². The van der Waals surface area contributed by atoms with Gasteiger partial charge in [0.1, 0.15) is 22.3 Å². The van der Waals surface area contributed by atoms with Gasteiger partial charge in [0.2, 0.25) is 0 Å².